The van der Waals surface area contributed by atoms with Crippen molar-refractivity contribution in [2.24, 2.45) is 5.73 Å². The summed E-state index contributed by atoms with van der Waals surface area (Å²) < 4.78 is 5.65. The Labute approximate surface area is 94.2 Å². The first kappa shape index (κ1) is 11.0. The summed E-state index contributed by atoms with van der Waals surface area (Å²) in [4.78, 5) is 16.5. The zero-order chi connectivity index (χ0) is 11.4. The van der Waals surface area contributed by atoms with Gasteiger partial charge in [-0.3, -0.25) is 14.7 Å². The lowest BCUT2D eigenvalue weighted by molar-refractivity contribution is -0.124. The van der Waals surface area contributed by atoms with Crippen LogP contribution in [0.5, 0.6) is 0 Å². The number of amides is 1. The van der Waals surface area contributed by atoms with Gasteiger partial charge in [-0.2, -0.15) is 0 Å². The number of primary amides is 1. The molecule has 5 nitrogen and oxygen atoms in total. The minimum absolute atomic E-state index is 0.215. The number of hydrogen-bond acceptors (Lipinski definition) is 4. The smallest absolute Gasteiger partial charge is 0.231 e. The predicted molar refractivity (Wildman–Crippen MR) is 58.4 cm³/mol. The molecule has 86 valence electrons. The highest BCUT2D eigenvalue weighted by atomic mass is 16.5. The maximum Gasteiger partial charge on any atom is 0.231 e. The molecule has 1 aromatic heterocycles. The Morgan fingerprint density at radius 1 is 1.50 bits per heavy atom. The maximum absolute atomic E-state index is 10.6. The van der Waals surface area contributed by atoms with Crippen LogP contribution >= 0.6 is 0 Å². The Morgan fingerprint density at radius 3 is 2.81 bits per heavy atom. The predicted octanol–water partition coefficient (Wildman–Crippen LogP) is -0.232. The van der Waals surface area contributed by atoms with Crippen molar-refractivity contribution in [3.63, 3.8) is 0 Å². The fourth-order valence-corrected chi connectivity index (χ4v) is 1.67. The summed E-state index contributed by atoms with van der Waals surface area (Å²) in [5, 5.41) is 0. The van der Waals surface area contributed by atoms with Gasteiger partial charge in [0.15, 0.2) is 0 Å². The van der Waals surface area contributed by atoms with Crippen molar-refractivity contribution in [3.05, 3.63) is 30.1 Å². The molecule has 2 rings (SSSR count). The van der Waals surface area contributed by atoms with E-state index in [0.717, 1.165) is 18.7 Å². The lowest BCUT2D eigenvalue weighted by Gasteiger charge is -2.37. The number of rotatable bonds is 5. The zero-order valence-corrected chi connectivity index (χ0v) is 9.00. The molecule has 0 saturated carbocycles. The number of carbonyl (C=O) groups excluding carboxylic acids is 1. The van der Waals surface area contributed by atoms with Crippen LogP contribution in [0.15, 0.2) is 24.5 Å². The van der Waals surface area contributed by atoms with E-state index in [1.807, 2.05) is 17.0 Å². The molecule has 2 heterocycles. The molecule has 1 aliphatic rings. The van der Waals surface area contributed by atoms with Crippen LogP contribution in [0, 0.1) is 0 Å². The van der Waals surface area contributed by atoms with Crippen LogP contribution in [0.2, 0.25) is 0 Å². The standard InChI is InChI=1S/C11H15N3O2/c12-11(15)7-14-5-10(6-14)16-8-9-1-3-13-4-2-9/h1-4,10H,5-8H2,(H2,12,15). The molecular weight excluding hydrogens is 206 g/mol. The zero-order valence-electron chi connectivity index (χ0n) is 9.00. The Hall–Kier alpha value is -1.46. The minimum Gasteiger partial charge on any atom is -0.371 e. The first-order valence-corrected chi connectivity index (χ1v) is 5.25. The van der Waals surface area contributed by atoms with Crippen LogP contribution in [-0.4, -0.2) is 41.5 Å². The molecule has 5 heteroatoms. The molecule has 1 saturated heterocycles. The second-order valence-corrected chi connectivity index (χ2v) is 3.95. The molecule has 1 fully saturated rings. The number of hydrogen-bond donors (Lipinski definition) is 1. The summed E-state index contributed by atoms with van der Waals surface area (Å²) in [6.45, 7) is 2.49. The summed E-state index contributed by atoms with van der Waals surface area (Å²) in [6, 6.07) is 3.86. The molecule has 2 N–H and O–H groups in total. The largest absolute Gasteiger partial charge is 0.371 e. The number of carbonyl (C=O) groups is 1. The van der Waals surface area contributed by atoms with E-state index in [9.17, 15) is 4.79 Å². The fourth-order valence-electron chi connectivity index (χ4n) is 1.67. The number of nitrogens with two attached hydrogens (primary N) is 1. The third-order valence-corrected chi connectivity index (χ3v) is 2.54. The lowest BCUT2D eigenvalue weighted by Crippen LogP contribution is -2.54. The van der Waals surface area contributed by atoms with Gasteiger partial charge in [-0.25, -0.2) is 0 Å². The van der Waals surface area contributed by atoms with E-state index >= 15 is 0 Å². The molecule has 0 aromatic carbocycles. The Balaban J connectivity index is 1.65. The summed E-state index contributed by atoms with van der Waals surface area (Å²) in [7, 11) is 0. The molecule has 16 heavy (non-hydrogen) atoms. The third kappa shape index (κ3) is 3.01. The van der Waals surface area contributed by atoms with Gasteiger partial charge in [0.05, 0.1) is 19.3 Å². The van der Waals surface area contributed by atoms with Gasteiger partial charge in [0.25, 0.3) is 0 Å². The normalized spacial score (nSPS) is 17.0. The Bertz CT molecular complexity index is 350. The topological polar surface area (TPSA) is 68.5 Å². The number of pyridine rings is 1. The van der Waals surface area contributed by atoms with E-state index in [1.54, 1.807) is 12.4 Å². The van der Waals surface area contributed by atoms with Crippen molar-refractivity contribution in [3.8, 4) is 0 Å². The van der Waals surface area contributed by atoms with Crippen molar-refractivity contribution in [2.75, 3.05) is 19.6 Å². The average molecular weight is 221 g/mol. The van der Waals surface area contributed by atoms with Crippen molar-refractivity contribution in [1.29, 1.82) is 0 Å². The van der Waals surface area contributed by atoms with E-state index in [2.05, 4.69) is 4.98 Å². The van der Waals surface area contributed by atoms with Crippen LogP contribution < -0.4 is 5.73 Å². The van der Waals surface area contributed by atoms with Gasteiger partial charge in [-0.05, 0) is 17.7 Å². The number of likely N-dealkylation sites (tertiary alicyclic amines) is 1. The summed E-state index contributed by atoms with van der Waals surface area (Å²) in [5.41, 5.74) is 6.20. The highest BCUT2D eigenvalue weighted by molar-refractivity contribution is 5.76. The second-order valence-electron chi connectivity index (χ2n) is 3.95. The highest BCUT2D eigenvalue weighted by Crippen LogP contribution is 2.12. The van der Waals surface area contributed by atoms with Crippen LogP contribution in [0.3, 0.4) is 0 Å². The van der Waals surface area contributed by atoms with Gasteiger partial charge in [0, 0.05) is 25.5 Å². The van der Waals surface area contributed by atoms with Crippen LogP contribution in [0.1, 0.15) is 5.56 Å². The maximum atomic E-state index is 10.6. The van der Waals surface area contributed by atoms with Crippen LogP contribution in [-0.2, 0) is 16.1 Å². The van der Waals surface area contributed by atoms with E-state index in [1.165, 1.54) is 0 Å². The molecule has 0 atom stereocenters. The van der Waals surface area contributed by atoms with Crippen molar-refractivity contribution >= 4 is 5.91 Å². The quantitative estimate of drug-likeness (QED) is 0.745. The third-order valence-electron chi connectivity index (χ3n) is 2.54. The van der Waals surface area contributed by atoms with Gasteiger partial charge >= 0.3 is 0 Å². The van der Waals surface area contributed by atoms with Crippen LogP contribution in [0.25, 0.3) is 0 Å². The molecule has 0 spiro atoms. The molecule has 1 amide bonds. The van der Waals surface area contributed by atoms with E-state index in [0.29, 0.717) is 13.2 Å². The van der Waals surface area contributed by atoms with Crippen LogP contribution in [0.4, 0.5) is 0 Å². The van der Waals surface area contributed by atoms with E-state index < -0.39 is 0 Å². The molecular formula is C11H15N3O2. The minimum atomic E-state index is -0.285. The van der Waals surface area contributed by atoms with Gasteiger partial charge in [0.2, 0.25) is 5.91 Å². The lowest BCUT2D eigenvalue weighted by atomic mass is 10.1. The molecule has 0 bridgehead atoms. The van der Waals surface area contributed by atoms with Crippen molar-refractivity contribution in [2.45, 2.75) is 12.7 Å². The van der Waals surface area contributed by atoms with Gasteiger partial charge in [0.1, 0.15) is 0 Å². The number of ether oxygens (including phenoxy) is 1. The molecule has 0 radical (unpaired) electrons. The second kappa shape index (κ2) is 5.05. The molecule has 0 aliphatic carbocycles. The Kier molecular flexibility index (Phi) is 3.48. The summed E-state index contributed by atoms with van der Waals surface area (Å²) in [5.74, 6) is -0.285. The van der Waals surface area contributed by atoms with Crippen molar-refractivity contribution in [1.82, 2.24) is 9.88 Å². The van der Waals surface area contributed by atoms with E-state index in [-0.39, 0.29) is 12.0 Å². The molecule has 0 unspecified atom stereocenters. The van der Waals surface area contributed by atoms with Gasteiger partial charge in [-0.15, -0.1) is 0 Å². The number of nitrogens with zero attached hydrogens (tertiary/aromatic N) is 2. The molecule has 1 aliphatic heterocycles. The first-order chi connectivity index (χ1) is 7.74. The molecule has 1 aromatic rings. The SMILES string of the molecule is NC(=O)CN1CC(OCc2ccncc2)C1. The number of aromatic nitrogens is 1. The first-order valence-electron chi connectivity index (χ1n) is 5.25. The van der Waals surface area contributed by atoms with Gasteiger partial charge < -0.3 is 10.5 Å². The summed E-state index contributed by atoms with van der Waals surface area (Å²) in [6.07, 6.45) is 3.71. The Morgan fingerprint density at radius 2 is 2.19 bits per heavy atom. The van der Waals surface area contributed by atoms with E-state index in [4.69, 9.17) is 10.5 Å². The van der Waals surface area contributed by atoms with Crippen molar-refractivity contribution < 1.29 is 9.53 Å². The van der Waals surface area contributed by atoms with Gasteiger partial charge in [-0.1, -0.05) is 0 Å². The fraction of sp³-hybridized carbons (Fsp3) is 0.455. The summed E-state index contributed by atoms with van der Waals surface area (Å²) >= 11 is 0. The average Bonchev–Trinajstić information content (AvgIpc) is 2.22. The monoisotopic (exact) mass is 221 g/mol. The highest BCUT2D eigenvalue weighted by Gasteiger charge is 2.27.